The van der Waals surface area contributed by atoms with Gasteiger partial charge < -0.3 is 0 Å². The fraction of sp³-hybridized carbons (Fsp3) is 1.00. The maximum Gasteiger partial charge on any atom is 0.401 e. The molecule has 0 aromatic carbocycles. The minimum absolute atomic E-state index is 0.281. The first-order valence-corrected chi connectivity index (χ1v) is 28.4. The third-order valence-corrected chi connectivity index (χ3v) is 15.5. The van der Waals surface area contributed by atoms with E-state index < -0.39 is 30.5 Å². The largest absolute Gasteiger partial charge is 0.401 e. The summed E-state index contributed by atoms with van der Waals surface area (Å²) in [5.41, 5.74) is 0. The highest BCUT2D eigenvalue weighted by Crippen LogP contribution is 2.43. The zero-order valence-corrected chi connectivity index (χ0v) is 36.8. The Hall–Kier alpha value is 0.570. The van der Waals surface area contributed by atoms with Crippen LogP contribution in [0.4, 0.5) is 0 Å². The molecular weight excluding hydrogens is 665 g/mol. The average molecular weight is 755 g/mol. The summed E-state index contributed by atoms with van der Waals surface area (Å²) < 4.78 is 35.9. The van der Waals surface area contributed by atoms with Crippen LogP contribution in [0.5, 0.6) is 0 Å². The van der Waals surface area contributed by atoms with Gasteiger partial charge in [0.15, 0.2) is 0 Å². The van der Waals surface area contributed by atoms with E-state index in [0.717, 1.165) is 11.5 Å². The van der Waals surface area contributed by atoms with E-state index in [1.165, 1.54) is 205 Å². The highest BCUT2D eigenvalue weighted by atomic mass is 32.3. The fourth-order valence-electron chi connectivity index (χ4n) is 6.61. The van der Waals surface area contributed by atoms with Gasteiger partial charge in [-0.25, -0.2) is 28.4 Å². The first-order chi connectivity index (χ1) is 23.5. The van der Waals surface area contributed by atoms with Gasteiger partial charge in [-0.1, -0.05) is 206 Å². The standard InChI is InChI=1S/C42H90O4S3/c1-7-9-11-13-15-17-19-21-23-25-27-29-31-33-35-37-39-47(3,4)41-45-49(43,44)46-42-48(5,6)40-38-36-34-32-30-28-26-24-22-20-18-16-14-12-10-8-2/h7-42H2,1-6H3. The lowest BCUT2D eigenvalue weighted by molar-refractivity contribution is 0.267. The van der Waals surface area contributed by atoms with E-state index in [4.69, 9.17) is 8.37 Å². The van der Waals surface area contributed by atoms with Crippen molar-refractivity contribution < 1.29 is 16.8 Å². The lowest BCUT2D eigenvalue weighted by Gasteiger charge is -2.32. The molecule has 0 bridgehead atoms. The Bertz CT molecular complexity index is 727. The molecule has 300 valence electrons. The van der Waals surface area contributed by atoms with Gasteiger partial charge in [0.2, 0.25) is 0 Å². The third kappa shape index (κ3) is 38.1. The van der Waals surface area contributed by atoms with E-state index in [0.29, 0.717) is 0 Å². The summed E-state index contributed by atoms with van der Waals surface area (Å²) in [6.45, 7) is 4.57. The SMILES string of the molecule is CCCCCCCCCCCCCCCCCCS(C)(C)COS(=O)(=O)OCS(C)(C)CCCCCCCCCCCCCCCCCC. The second kappa shape index (κ2) is 34.3. The normalized spacial score (nSPS) is 13.3. The molecule has 0 saturated heterocycles. The van der Waals surface area contributed by atoms with Crippen LogP contribution < -0.4 is 0 Å². The van der Waals surface area contributed by atoms with Crippen LogP contribution in [0.3, 0.4) is 0 Å². The topological polar surface area (TPSA) is 52.6 Å². The van der Waals surface area contributed by atoms with Crippen molar-refractivity contribution in [2.24, 2.45) is 0 Å². The van der Waals surface area contributed by atoms with Crippen molar-refractivity contribution in [2.75, 3.05) is 48.4 Å². The Morgan fingerprint density at radius 3 is 0.694 bits per heavy atom. The number of unbranched alkanes of at least 4 members (excludes halogenated alkanes) is 30. The molecule has 0 unspecified atom stereocenters. The highest BCUT2D eigenvalue weighted by Gasteiger charge is 2.22. The molecule has 0 aliphatic carbocycles. The monoisotopic (exact) mass is 755 g/mol. The van der Waals surface area contributed by atoms with Crippen molar-refractivity contribution in [3.63, 3.8) is 0 Å². The molecule has 0 N–H and O–H groups in total. The number of rotatable bonds is 40. The van der Waals surface area contributed by atoms with Crippen LogP contribution in [0.1, 0.15) is 219 Å². The quantitative estimate of drug-likeness (QED) is 0.0585. The minimum atomic E-state index is -3.93. The maximum atomic E-state index is 12.6. The predicted octanol–water partition coefficient (Wildman–Crippen LogP) is 14.8. The van der Waals surface area contributed by atoms with Crippen molar-refractivity contribution in [1.82, 2.24) is 0 Å². The predicted molar refractivity (Wildman–Crippen MR) is 229 cm³/mol. The molecule has 0 spiro atoms. The van der Waals surface area contributed by atoms with Crippen LogP contribution in [-0.4, -0.2) is 56.8 Å². The van der Waals surface area contributed by atoms with Gasteiger partial charge in [0.05, 0.1) is 11.9 Å². The van der Waals surface area contributed by atoms with Crippen LogP contribution in [-0.2, 0) is 18.8 Å². The van der Waals surface area contributed by atoms with Gasteiger partial charge in [0.1, 0.15) is 0 Å². The molecule has 0 aliphatic heterocycles. The van der Waals surface area contributed by atoms with Crippen LogP contribution in [0.2, 0.25) is 0 Å². The molecule has 49 heavy (non-hydrogen) atoms. The molecule has 0 aliphatic rings. The van der Waals surface area contributed by atoms with Gasteiger partial charge in [-0.3, -0.25) is 0 Å². The minimum Gasteiger partial charge on any atom is -0.239 e. The smallest absolute Gasteiger partial charge is 0.239 e. The molecule has 4 nitrogen and oxygen atoms in total. The molecule has 0 fully saturated rings. The van der Waals surface area contributed by atoms with Crippen LogP contribution >= 0.6 is 20.1 Å². The van der Waals surface area contributed by atoms with Gasteiger partial charge in [-0.15, -0.1) is 0 Å². The molecule has 0 saturated carbocycles. The summed E-state index contributed by atoms with van der Waals surface area (Å²) in [4.78, 5) is 0. The van der Waals surface area contributed by atoms with Gasteiger partial charge in [-0.2, -0.15) is 8.42 Å². The molecule has 7 heteroatoms. The van der Waals surface area contributed by atoms with E-state index in [1.807, 2.05) is 0 Å². The summed E-state index contributed by atoms with van der Waals surface area (Å²) in [6.07, 6.45) is 52.7. The Morgan fingerprint density at radius 1 is 0.306 bits per heavy atom. The van der Waals surface area contributed by atoms with E-state index in [1.54, 1.807) is 0 Å². The molecule has 0 aromatic heterocycles. The zero-order valence-electron chi connectivity index (χ0n) is 34.3. The Kier molecular flexibility index (Phi) is 34.7. The molecule has 0 atom stereocenters. The molecule has 0 amide bonds. The van der Waals surface area contributed by atoms with E-state index in [9.17, 15) is 8.42 Å². The second-order valence-electron chi connectivity index (χ2n) is 16.4. The van der Waals surface area contributed by atoms with E-state index in [-0.39, 0.29) is 11.9 Å². The van der Waals surface area contributed by atoms with Crippen molar-refractivity contribution in [3.8, 4) is 0 Å². The summed E-state index contributed by atoms with van der Waals surface area (Å²) >= 11 is 0. The molecule has 0 radical (unpaired) electrons. The number of hydrogen-bond acceptors (Lipinski definition) is 4. The lowest BCUT2D eigenvalue weighted by Crippen LogP contribution is -2.19. The van der Waals surface area contributed by atoms with Gasteiger partial charge in [0, 0.05) is 0 Å². The summed E-state index contributed by atoms with van der Waals surface area (Å²) in [5, 5.41) is 0. The van der Waals surface area contributed by atoms with Crippen LogP contribution in [0, 0.1) is 0 Å². The van der Waals surface area contributed by atoms with Crippen molar-refractivity contribution in [1.29, 1.82) is 0 Å². The Balaban J connectivity index is 3.71. The second-order valence-corrected chi connectivity index (χ2v) is 26.1. The molecule has 0 aromatic rings. The summed E-state index contributed by atoms with van der Waals surface area (Å²) in [5.74, 6) is 2.69. The molecule has 0 heterocycles. The highest BCUT2D eigenvalue weighted by molar-refractivity contribution is 8.33. The first-order valence-electron chi connectivity index (χ1n) is 21.4. The van der Waals surface area contributed by atoms with Crippen LogP contribution in [0.25, 0.3) is 0 Å². The summed E-state index contributed by atoms with van der Waals surface area (Å²) in [6, 6.07) is 0. The Morgan fingerprint density at radius 2 is 0.490 bits per heavy atom. The van der Waals surface area contributed by atoms with E-state index in [2.05, 4.69) is 38.9 Å². The summed E-state index contributed by atoms with van der Waals surface area (Å²) in [7, 11) is -6.13. The lowest BCUT2D eigenvalue weighted by atomic mass is 10.0. The average Bonchev–Trinajstić information content (AvgIpc) is 3.06. The maximum absolute atomic E-state index is 12.6. The first kappa shape index (κ1) is 49.6. The van der Waals surface area contributed by atoms with Crippen molar-refractivity contribution >= 4 is 30.5 Å². The Labute approximate surface area is 313 Å². The van der Waals surface area contributed by atoms with Crippen molar-refractivity contribution in [2.45, 2.75) is 219 Å². The fourth-order valence-corrected chi connectivity index (χ4v) is 11.9. The zero-order chi connectivity index (χ0) is 36.4. The van der Waals surface area contributed by atoms with Gasteiger partial charge >= 0.3 is 10.4 Å². The van der Waals surface area contributed by atoms with Crippen molar-refractivity contribution in [3.05, 3.63) is 0 Å². The third-order valence-electron chi connectivity index (χ3n) is 10.1. The van der Waals surface area contributed by atoms with Crippen LogP contribution in [0.15, 0.2) is 0 Å². The van der Waals surface area contributed by atoms with E-state index >= 15 is 0 Å². The molecular formula is C42H90O4S3. The number of hydrogen-bond donors (Lipinski definition) is 0. The van der Waals surface area contributed by atoms with Gasteiger partial charge in [0.25, 0.3) is 0 Å². The van der Waals surface area contributed by atoms with Gasteiger partial charge in [-0.05, 0) is 49.4 Å². The molecule has 0 rings (SSSR count).